The van der Waals surface area contributed by atoms with E-state index in [2.05, 4.69) is 167 Å². The van der Waals surface area contributed by atoms with Gasteiger partial charge in [-0.2, -0.15) is 0 Å². The van der Waals surface area contributed by atoms with Crippen molar-refractivity contribution in [2.24, 2.45) is 0 Å². The molecule has 0 rings (SSSR count). The molecule has 5 unspecified atom stereocenters. The smallest absolute Gasteiger partial charge is 0.463 e. The van der Waals surface area contributed by atoms with Crippen molar-refractivity contribution in [2.75, 3.05) is 39.6 Å². The summed E-state index contributed by atoms with van der Waals surface area (Å²) in [5, 5.41) is 20.6. The number of hydrogen-bond acceptors (Lipinski definition) is 14. The van der Waals surface area contributed by atoms with Crippen LogP contribution in [0.4, 0.5) is 0 Å². The zero-order valence-electron chi connectivity index (χ0n) is 61.6. The number of unbranched alkanes of at least 4 members (excludes halogenated alkanes) is 24. The fourth-order valence-electron chi connectivity index (χ4n) is 9.71. The summed E-state index contributed by atoms with van der Waals surface area (Å²) in [6.45, 7) is 2.42. The second kappa shape index (κ2) is 73.2. The van der Waals surface area contributed by atoms with Crippen molar-refractivity contribution < 1.29 is 75.8 Å². The first kappa shape index (κ1) is 94.4. The highest BCUT2D eigenvalue weighted by molar-refractivity contribution is 7.47. The van der Waals surface area contributed by atoms with E-state index in [1.54, 1.807) is 0 Å². The van der Waals surface area contributed by atoms with Gasteiger partial charge in [-0.3, -0.25) is 32.5 Å². The van der Waals surface area contributed by atoms with Gasteiger partial charge in [0.2, 0.25) is 0 Å². The summed E-state index contributed by atoms with van der Waals surface area (Å²) in [5.41, 5.74) is 0. The van der Waals surface area contributed by atoms with E-state index in [0.717, 1.165) is 180 Å². The molecule has 0 aliphatic rings. The predicted molar refractivity (Wildman–Crippen MR) is 408 cm³/mol. The number of carbonyl (C=O) groups excluding carboxylic acids is 3. The molecular weight excluding hydrogens is 1290 g/mol. The maximum Gasteiger partial charge on any atom is 0.472 e. The van der Waals surface area contributed by atoms with Crippen molar-refractivity contribution in [3.63, 3.8) is 0 Å². The molecule has 0 heterocycles. The quantitative estimate of drug-likeness (QED) is 0.0146. The van der Waals surface area contributed by atoms with Crippen LogP contribution in [-0.4, -0.2) is 95.9 Å². The molecule has 0 amide bonds. The van der Waals surface area contributed by atoms with E-state index in [9.17, 15) is 43.5 Å². The third-order valence-electron chi connectivity index (χ3n) is 15.5. The maximum atomic E-state index is 12.9. The second-order valence-electron chi connectivity index (χ2n) is 25.1. The highest BCUT2D eigenvalue weighted by Crippen LogP contribution is 2.45. The standard InChI is InChI=1S/C81H136O16P2/c1-4-7-10-13-16-19-22-25-27-29-31-33-35-37-39-41-43-45-47-50-52-55-58-61-64-67-79(84)91-70-76(82)71-93-98(87,88)94-72-77(83)73-95-99(89,90)96-75-78(97-81(86)69-66-63-60-57-54-49-24-21-18-15-12-9-6-3)74-92-80(85)68-65-62-59-56-53-51-48-46-44-42-40-38-36-34-32-30-28-26-23-20-17-14-11-8-5-2/h7,10,12,15-17,19-21,24-28,31-34,37-40,43,45,76-78,82-83H,4-6,8-9,11,13-14,18,22-23,29-30,35-36,41-42,44,46-75H2,1-3H3,(H,87,88)(H,89,90)/b10-7-,15-12-,19-16-,20-17-,24-21-,27-25-,28-26-,33-31-,34-32-,39-37-,40-38-,45-43-. The van der Waals surface area contributed by atoms with Crippen molar-refractivity contribution in [1.29, 1.82) is 0 Å². The van der Waals surface area contributed by atoms with E-state index in [0.29, 0.717) is 19.3 Å². The molecule has 566 valence electrons. The third-order valence-corrected chi connectivity index (χ3v) is 17.4. The minimum atomic E-state index is -4.94. The van der Waals surface area contributed by atoms with Crippen LogP contribution < -0.4 is 0 Å². The Labute approximate surface area is 600 Å². The molecular formula is C81H136O16P2. The molecule has 0 aromatic rings. The van der Waals surface area contributed by atoms with Gasteiger partial charge in [0.25, 0.3) is 0 Å². The SMILES string of the molecule is CC/C=C\C/C=C\C/C=C\C/C=C\C/C=C\C/C=C\CCCCCCCCC(=O)OCC(O)COP(=O)(O)OCC(O)COP(=O)(O)OCC(COC(=O)CCCCCCCCCCC/C=C\C/C=C\C/C=C\C/C=C\CCCCC)OC(=O)CCCCCCC/C=C\C/C=C\CCC. The first-order chi connectivity index (χ1) is 48.2. The first-order valence-electron chi connectivity index (χ1n) is 38.1. The normalized spacial score (nSPS) is 14.9. The molecule has 0 saturated heterocycles. The average molecular weight is 1430 g/mol. The number of aliphatic hydroxyl groups excluding tert-OH is 2. The average Bonchev–Trinajstić information content (AvgIpc) is 1.37. The Balaban J connectivity index is 4.60. The number of phosphoric acid groups is 2. The number of esters is 3. The molecule has 5 atom stereocenters. The van der Waals surface area contributed by atoms with Crippen LogP contribution in [0.2, 0.25) is 0 Å². The van der Waals surface area contributed by atoms with Gasteiger partial charge in [-0.25, -0.2) is 9.13 Å². The van der Waals surface area contributed by atoms with Crippen molar-refractivity contribution in [2.45, 2.75) is 309 Å². The summed E-state index contributed by atoms with van der Waals surface area (Å²) >= 11 is 0. The summed E-state index contributed by atoms with van der Waals surface area (Å²) in [5.74, 6) is -1.62. The van der Waals surface area contributed by atoms with Gasteiger partial charge in [0.15, 0.2) is 6.10 Å². The van der Waals surface area contributed by atoms with Crippen LogP contribution >= 0.6 is 15.6 Å². The Hall–Kier alpha value is -4.57. The largest absolute Gasteiger partial charge is 0.472 e. The molecule has 99 heavy (non-hydrogen) atoms. The van der Waals surface area contributed by atoms with E-state index < -0.39 is 91.5 Å². The monoisotopic (exact) mass is 1430 g/mol. The van der Waals surface area contributed by atoms with Gasteiger partial charge in [-0.05, 0) is 141 Å². The molecule has 16 nitrogen and oxygen atoms in total. The van der Waals surface area contributed by atoms with Crippen molar-refractivity contribution in [3.05, 3.63) is 146 Å². The van der Waals surface area contributed by atoms with Crippen LogP contribution in [0.5, 0.6) is 0 Å². The van der Waals surface area contributed by atoms with Crippen LogP contribution in [0.15, 0.2) is 146 Å². The maximum absolute atomic E-state index is 12.9. The molecule has 0 aliphatic heterocycles. The van der Waals surface area contributed by atoms with Gasteiger partial charge >= 0.3 is 33.6 Å². The Bertz CT molecular complexity index is 2380. The molecule has 0 aromatic heterocycles. The second-order valence-corrected chi connectivity index (χ2v) is 28.0. The highest BCUT2D eigenvalue weighted by Gasteiger charge is 2.29. The minimum absolute atomic E-state index is 0.0830. The predicted octanol–water partition coefficient (Wildman–Crippen LogP) is 22.1. The summed E-state index contributed by atoms with van der Waals surface area (Å²) in [6, 6.07) is 0. The molecule has 0 radical (unpaired) electrons. The van der Waals surface area contributed by atoms with Crippen LogP contribution in [0.25, 0.3) is 0 Å². The number of phosphoric ester groups is 2. The van der Waals surface area contributed by atoms with Crippen LogP contribution in [0.3, 0.4) is 0 Å². The zero-order valence-corrected chi connectivity index (χ0v) is 63.4. The summed E-state index contributed by atoms with van der Waals surface area (Å²) in [4.78, 5) is 58.6. The van der Waals surface area contributed by atoms with Gasteiger partial charge in [0.05, 0.1) is 26.4 Å². The van der Waals surface area contributed by atoms with Crippen molar-refractivity contribution in [1.82, 2.24) is 0 Å². The Kier molecular flexibility index (Phi) is 69.8. The minimum Gasteiger partial charge on any atom is -0.463 e. The first-order valence-corrected chi connectivity index (χ1v) is 41.1. The van der Waals surface area contributed by atoms with E-state index in [4.69, 9.17) is 32.3 Å². The Morgan fingerprint density at radius 1 is 0.293 bits per heavy atom. The van der Waals surface area contributed by atoms with Crippen LogP contribution in [0, 0.1) is 0 Å². The number of aliphatic hydroxyl groups is 2. The summed E-state index contributed by atoms with van der Waals surface area (Å²) in [7, 11) is -9.80. The molecule has 0 spiro atoms. The molecule has 0 bridgehead atoms. The summed E-state index contributed by atoms with van der Waals surface area (Å²) < 4.78 is 61.0. The Morgan fingerprint density at radius 3 is 0.889 bits per heavy atom. The number of ether oxygens (including phenoxy) is 3. The molecule has 18 heteroatoms. The van der Waals surface area contributed by atoms with E-state index in [-0.39, 0.29) is 19.3 Å². The fraction of sp³-hybridized carbons (Fsp3) is 0.667. The fourth-order valence-corrected chi connectivity index (χ4v) is 11.3. The number of allylic oxidation sites excluding steroid dienone is 24. The van der Waals surface area contributed by atoms with Crippen molar-refractivity contribution >= 4 is 33.6 Å². The summed E-state index contributed by atoms with van der Waals surface area (Å²) in [6.07, 6.45) is 88.9. The Morgan fingerprint density at radius 2 is 0.556 bits per heavy atom. The highest BCUT2D eigenvalue weighted by atomic mass is 31.2. The van der Waals surface area contributed by atoms with Gasteiger partial charge in [0.1, 0.15) is 25.4 Å². The third kappa shape index (κ3) is 74.4. The van der Waals surface area contributed by atoms with Crippen molar-refractivity contribution in [3.8, 4) is 0 Å². The molecule has 0 aromatic carbocycles. The van der Waals surface area contributed by atoms with E-state index >= 15 is 0 Å². The van der Waals surface area contributed by atoms with E-state index in [1.807, 2.05) is 0 Å². The van der Waals surface area contributed by atoms with Gasteiger partial charge in [0, 0.05) is 19.3 Å². The van der Waals surface area contributed by atoms with Crippen LogP contribution in [0.1, 0.15) is 290 Å². The molecule has 4 N–H and O–H groups in total. The number of carbonyl (C=O) groups is 3. The molecule has 0 aliphatic carbocycles. The molecule has 0 saturated carbocycles. The lowest BCUT2D eigenvalue weighted by Crippen LogP contribution is -2.30. The molecule has 0 fully saturated rings. The van der Waals surface area contributed by atoms with Gasteiger partial charge < -0.3 is 34.2 Å². The van der Waals surface area contributed by atoms with Gasteiger partial charge in [-0.1, -0.05) is 276 Å². The van der Waals surface area contributed by atoms with Gasteiger partial charge in [-0.15, -0.1) is 0 Å². The lowest BCUT2D eigenvalue weighted by Gasteiger charge is -2.21. The number of hydrogen-bond donors (Lipinski definition) is 4. The number of rotatable bonds is 71. The lowest BCUT2D eigenvalue weighted by atomic mass is 10.1. The topological polar surface area (TPSA) is 231 Å². The lowest BCUT2D eigenvalue weighted by molar-refractivity contribution is -0.161. The van der Waals surface area contributed by atoms with Crippen LogP contribution in [-0.2, 0) is 55.8 Å². The van der Waals surface area contributed by atoms with E-state index in [1.165, 1.54) is 51.4 Å². The zero-order chi connectivity index (χ0) is 72.3.